The van der Waals surface area contributed by atoms with Gasteiger partial charge in [0.2, 0.25) is 5.95 Å². The number of aromatic nitrogens is 2. The highest BCUT2D eigenvalue weighted by atomic mass is 19.4. The van der Waals surface area contributed by atoms with Crippen LogP contribution in [0.3, 0.4) is 0 Å². The Morgan fingerprint density at radius 2 is 1.80 bits per heavy atom. The number of fused-ring (bicyclic) bond motifs is 3. The van der Waals surface area contributed by atoms with Gasteiger partial charge in [-0.2, -0.15) is 18.2 Å². The molecule has 2 atom stereocenters. The number of hydrogen-bond acceptors (Lipinski definition) is 8. The highest BCUT2D eigenvalue weighted by Gasteiger charge is 2.35. The van der Waals surface area contributed by atoms with Crippen LogP contribution in [0.25, 0.3) is 0 Å². The average Bonchev–Trinajstić information content (AvgIpc) is 3.95. The summed E-state index contributed by atoms with van der Waals surface area (Å²) in [5, 5.41) is 9.36. The maximum atomic E-state index is 13.7. The van der Waals surface area contributed by atoms with E-state index in [-0.39, 0.29) is 17.8 Å². The van der Waals surface area contributed by atoms with Crippen LogP contribution in [0, 0.1) is 24.8 Å². The number of benzene rings is 1. The molecule has 4 aliphatic rings. The van der Waals surface area contributed by atoms with Crippen molar-refractivity contribution >= 4 is 17.5 Å². The lowest BCUT2D eigenvalue weighted by Crippen LogP contribution is -2.44. The van der Waals surface area contributed by atoms with Gasteiger partial charge in [0.05, 0.1) is 6.04 Å². The summed E-state index contributed by atoms with van der Waals surface area (Å²) in [5.41, 5.74) is 3.34. The van der Waals surface area contributed by atoms with E-state index in [1.165, 1.54) is 51.9 Å². The van der Waals surface area contributed by atoms with Crippen molar-refractivity contribution in [1.29, 1.82) is 0 Å². The van der Waals surface area contributed by atoms with Gasteiger partial charge in [-0.05, 0) is 115 Å². The Labute approximate surface area is 304 Å². The maximum absolute atomic E-state index is 13.7. The van der Waals surface area contributed by atoms with Gasteiger partial charge in [0.25, 0.3) is 0 Å². The molecule has 6 rings (SSSR count). The first-order valence-corrected chi connectivity index (χ1v) is 19.2. The molecule has 4 heterocycles. The largest absolute Gasteiger partial charge is 0.421 e. The van der Waals surface area contributed by atoms with E-state index in [0.717, 1.165) is 73.4 Å². The Hall–Kier alpha value is -3.49. The Balaban J connectivity index is 0.000000303. The molecule has 1 aromatic heterocycles. The van der Waals surface area contributed by atoms with Gasteiger partial charge in [-0.3, -0.25) is 0 Å². The topological polar surface area (TPSA) is 71.6 Å². The molecule has 0 amide bonds. The van der Waals surface area contributed by atoms with E-state index in [0.29, 0.717) is 31.3 Å². The molecule has 2 bridgehead atoms. The third-order valence-electron chi connectivity index (χ3n) is 10.5. The van der Waals surface area contributed by atoms with Crippen molar-refractivity contribution < 1.29 is 13.2 Å². The van der Waals surface area contributed by atoms with Crippen LogP contribution in [0.1, 0.15) is 101 Å². The van der Waals surface area contributed by atoms with Crippen molar-refractivity contribution in [1.82, 2.24) is 30.0 Å². The van der Waals surface area contributed by atoms with Crippen LogP contribution >= 0.6 is 0 Å². The van der Waals surface area contributed by atoms with E-state index >= 15 is 0 Å². The SMILES string of the molecule is C=C1CC2C#CNC(CC2)CN1CCCNc1nc(Nc2ccc(C)cc2C2CC2)ncc1C(F)(F)F.CCCN(CCC)C1CCN(C)CC1. The number of alkyl halides is 3. The van der Waals surface area contributed by atoms with Crippen molar-refractivity contribution in [3.63, 3.8) is 0 Å². The average molecular weight is 709 g/mol. The molecular weight excluding hydrogens is 649 g/mol. The molecule has 2 aromatic rings. The number of allylic oxidation sites excluding steroid dienone is 1. The number of piperidine rings is 1. The Morgan fingerprint density at radius 3 is 2.49 bits per heavy atom. The standard InChI is InChI=1S/C28H33F3N6.C12H26N2/c1-18-4-9-25(23(14-18)21-6-7-21)35-27-34-16-24(28(29,30)31)26(36-27)33-11-3-13-37-17-22-8-5-20(10-12-32-22)15-19(37)2;1-4-8-14(9-5-2)12-6-10-13(3)11-7-12/h4,9,14,16,20-22,32H,2-3,5-8,11,13,15,17H2,1H3,(H2,33,34,35,36);12H,4-11H2,1-3H3. The molecule has 3 N–H and O–H groups in total. The second-order valence-electron chi connectivity index (χ2n) is 14.9. The van der Waals surface area contributed by atoms with E-state index in [9.17, 15) is 13.2 Å². The molecule has 1 saturated carbocycles. The van der Waals surface area contributed by atoms with Crippen LogP contribution in [0.4, 0.5) is 30.6 Å². The zero-order valence-corrected chi connectivity index (χ0v) is 31.2. The molecule has 8 nitrogen and oxygen atoms in total. The van der Waals surface area contributed by atoms with Crippen molar-refractivity contribution in [3.05, 3.63) is 53.4 Å². The van der Waals surface area contributed by atoms with Crippen LogP contribution in [-0.4, -0.2) is 89.6 Å². The molecular formula is C40H59F3N8. The van der Waals surface area contributed by atoms with E-state index in [1.54, 1.807) is 0 Å². The molecule has 3 aliphatic heterocycles. The fraction of sp³-hybridized carbons (Fsp3) is 0.650. The molecule has 51 heavy (non-hydrogen) atoms. The minimum atomic E-state index is -4.55. The van der Waals surface area contributed by atoms with Crippen LogP contribution in [0.5, 0.6) is 0 Å². The lowest BCUT2D eigenvalue weighted by Gasteiger charge is -2.37. The van der Waals surface area contributed by atoms with Crippen molar-refractivity contribution in [3.8, 4) is 12.0 Å². The first kappa shape index (κ1) is 38.7. The predicted molar refractivity (Wildman–Crippen MR) is 202 cm³/mol. The summed E-state index contributed by atoms with van der Waals surface area (Å²) in [5.74, 6) is 3.99. The number of nitrogens with one attached hydrogen (secondary N) is 3. The number of nitrogens with zero attached hydrogens (tertiary/aromatic N) is 5. The summed E-state index contributed by atoms with van der Waals surface area (Å²) in [6.45, 7) is 17.9. The summed E-state index contributed by atoms with van der Waals surface area (Å²) in [6.07, 6.45) is 7.46. The summed E-state index contributed by atoms with van der Waals surface area (Å²) in [6, 6.07) is 10.3. The van der Waals surface area contributed by atoms with Crippen molar-refractivity contribution in [2.45, 2.75) is 109 Å². The molecule has 2 saturated heterocycles. The monoisotopic (exact) mass is 708 g/mol. The number of halogens is 3. The molecule has 11 heteroatoms. The third-order valence-corrected chi connectivity index (χ3v) is 10.5. The summed E-state index contributed by atoms with van der Waals surface area (Å²) < 4.78 is 41.1. The maximum Gasteiger partial charge on any atom is 0.421 e. The van der Waals surface area contributed by atoms with Gasteiger partial charge >= 0.3 is 6.18 Å². The number of anilines is 3. The second-order valence-corrected chi connectivity index (χ2v) is 14.9. The number of likely N-dealkylation sites (tertiary alicyclic amines) is 2. The molecule has 2 unspecified atom stereocenters. The lowest BCUT2D eigenvalue weighted by atomic mass is 9.94. The Bertz CT molecular complexity index is 1480. The smallest absolute Gasteiger partial charge is 0.373 e. The van der Waals surface area contributed by atoms with Crippen LogP contribution in [0.15, 0.2) is 36.7 Å². The zero-order valence-electron chi connectivity index (χ0n) is 31.2. The minimum absolute atomic E-state index is 0.150. The molecule has 0 radical (unpaired) electrons. The van der Waals surface area contributed by atoms with Gasteiger partial charge in [-0.15, -0.1) is 0 Å². The first-order chi connectivity index (χ1) is 24.5. The van der Waals surface area contributed by atoms with Gasteiger partial charge in [-0.1, -0.05) is 44.0 Å². The fourth-order valence-electron chi connectivity index (χ4n) is 7.46. The molecule has 1 aliphatic carbocycles. The molecule has 3 fully saturated rings. The minimum Gasteiger partial charge on any atom is -0.373 e. The Kier molecular flexibility index (Phi) is 13.9. The molecule has 1 aromatic carbocycles. The van der Waals surface area contributed by atoms with E-state index in [4.69, 9.17) is 0 Å². The van der Waals surface area contributed by atoms with Crippen molar-refractivity contribution in [2.24, 2.45) is 5.92 Å². The molecule has 280 valence electrons. The van der Waals surface area contributed by atoms with Gasteiger partial charge in [0.1, 0.15) is 11.4 Å². The number of aryl methyl sites for hydroxylation is 1. The van der Waals surface area contributed by atoms with Gasteiger partial charge in [0, 0.05) is 61.6 Å². The van der Waals surface area contributed by atoms with Crippen LogP contribution < -0.4 is 16.0 Å². The quantitative estimate of drug-likeness (QED) is 0.143. The Morgan fingerprint density at radius 1 is 1.06 bits per heavy atom. The predicted octanol–water partition coefficient (Wildman–Crippen LogP) is 7.98. The highest BCUT2D eigenvalue weighted by molar-refractivity contribution is 5.63. The highest BCUT2D eigenvalue weighted by Crippen LogP contribution is 2.44. The summed E-state index contributed by atoms with van der Waals surface area (Å²) in [4.78, 5) is 15.6. The lowest BCUT2D eigenvalue weighted by molar-refractivity contribution is -0.137. The van der Waals surface area contributed by atoms with Crippen molar-refractivity contribution in [2.75, 3.05) is 63.5 Å². The van der Waals surface area contributed by atoms with E-state index < -0.39 is 11.7 Å². The number of rotatable bonds is 13. The van der Waals surface area contributed by atoms with Gasteiger partial charge in [0.15, 0.2) is 0 Å². The van der Waals surface area contributed by atoms with Crippen LogP contribution in [-0.2, 0) is 6.18 Å². The first-order valence-electron chi connectivity index (χ1n) is 19.2. The fourth-order valence-corrected chi connectivity index (χ4v) is 7.46. The molecule has 0 spiro atoms. The zero-order chi connectivity index (χ0) is 36.4. The third kappa shape index (κ3) is 11.5. The second kappa shape index (κ2) is 18.3. The summed E-state index contributed by atoms with van der Waals surface area (Å²) in [7, 11) is 2.24. The van der Waals surface area contributed by atoms with E-state index in [2.05, 4.69) is 86.1 Å². The van der Waals surface area contributed by atoms with Crippen LogP contribution in [0.2, 0.25) is 0 Å². The normalized spacial score (nSPS) is 21.1. The van der Waals surface area contributed by atoms with Gasteiger partial charge in [-0.25, -0.2) is 4.98 Å². The summed E-state index contributed by atoms with van der Waals surface area (Å²) >= 11 is 0. The number of hydrogen-bond donors (Lipinski definition) is 3. The van der Waals surface area contributed by atoms with E-state index in [1.807, 2.05) is 19.1 Å². The van der Waals surface area contributed by atoms with Gasteiger partial charge < -0.3 is 30.7 Å².